The van der Waals surface area contributed by atoms with Gasteiger partial charge in [0, 0.05) is 36.4 Å². The molecule has 0 atom stereocenters. The van der Waals surface area contributed by atoms with Crippen molar-refractivity contribution in [1.82, 2.24) is 14.5 Å². The average molecular weight is 493 g/mol. The van der Waals surface area contributed by atoms with E-state index in [9.17, 15) is 9.59 Å². The second-order valence-corrected chi connectivity index (χ2v) is 9.67. The minimum absolute atomic E-state index is 0.0909. The molecule has 3 aromatic carbocycles. The summed E-state index contributed by atoms with van der Waals surface area (Å²) in [7, 11) is 0. The fraction of sp³-hybridized carbons (Fsp3) is 0.258. The Labute approximate surface area is 217 Å². The summed E-state index contributed by atoms with van der Waals surface area (Å²) < 4.78 is 1.54. The number of carbonyl (C=O) groups excluding carboxylic acids is 1. The van der Waals surface area contributed by atoms with Crippen LogP contribution < -0.4 is 10.9 Å². The van der Waals surface area contributed by atoms with E-state index in [0.29, 0.717) is 24.4 Å². The molecule has 1 amide bonds. The van der Waals surface area contributed by atoms with Gasteiger partial charge in [-0.3, -0.25) is 19.1 Å². The molecule has 4 aromatic rings. The first-order valence-corrected chi connectivity index (χ1v) is 12.8. The normalized spacial score (nSPS) is 13.2. The van der Waals surface area contributed by atoms with E-state index < -0.39 is 0 Å². The van der Waals surface area contributed by atoms with E-state index in [1.54, 1.807) is 0 Å². The van der Waals surface area contributed by atoms with E-state index in [0.717, 1.165) is 47.6 Å². The zero-order valence-corrected chi connectivity index (χ0v) is 21.4. The number of hydrogen-bond acceptors (Lipinski definition) is 4. The Kier molecular flexibility index (Phi) is 7.28. The number of fused-ring (bicyclic) bond motifs is 1. The molecule has 6 heteroatoms. The van der Waals surface area contributed by atoms with Gasteiger partial charge in [0.1, 0.15) is 12.4 Å². The van der Waals surface area contributed by atoms with Crippen LogP contribution in [0, 0.1) is 6.92 Å². The predicted octanol–water partition coefficient (Wildman–Crippen LogP) is 4.98. The van der Waals surface area contributed by atoms with Crippen molar-refractivity contribution < 1.29 is 4.79 Å². The minimum atomic E-state index is -0.244. The van der Waals surface area contributed by atoms with Crippen molar-refractivity contribution in [2.45, 2.75) is 46.3 Å². The summed E-state index contributed by atoms with van der Waals surface area (Å²) >= 11 is 0. The van der Waals surface area contributed by atoms with Crippen molar-refractivity contribution in [2.24, 2.45) is 0 Å². The summed E-state index contributed by atoms with van der Waals surface area (Å²) in [5.74, 6) is 0.287. The number of amides is 1. The Morgan fingerprint density at radius 1 is 0.973 bits per heavy atom. The van der Waals surface area contributed by atoms with Crippen molar-refractivity contribution in [1.29, 1.82) is 0 Å². The molecule has 0 saturated carbocycles. The lowest BCUT2D eigenvalue weighted by Crippen LogP contribution is -2.39. The third-order valence-corrected chi connectivity index (χ3v) is 6.88. The second kappa shape index (κ2) is 10.9. The predicted molar refractivity (Wildman–Crippen MR) is 147 cm³/mol. The number of rotatable bonds is 7. The first-order valence-electron chi connectivity index (χ1n) is 12.8. The van der Waals surface area contributed by atoms with Gasteiger partial charge >= 0.3 is 0 Å². The van der Waals surface area contributed by atoms with Crippen LogP contribution in [0.15, 0.2) is 83.7 Å². The molecule has 6 nitrogen and oxygen atoms in total. The first kappa shape index (κ1) is 24.7. The maximum atomic E-state index is 13.8. The quantitative estimate of drug-likeness (QED) is 0.395. The smallest absolute Gasteiger partial charge is 0.257 e. The highest BCUT2D eigenvalue weighted by atomic mass is 16.2. The Hall–Kier alpha value is -4.03. The number of nitrogens with zero attached hydrogens (tertiary/aromatic N) is 3. The summed E-state index contributed by atoms with van der Waals surface area (Å²) in [6.07, 6.45) is 1.50. The van der Waals surface area contributed by atoms with Crippen LogP contribution in [0.3, 0.4) is 0 Å². The fourth-order valence-corrected chi connectivity index (χ4v) is 4.84. The lowest BCUT2D eigenvalue weighted by atomic mass is 10.0. The molecule has 5 rings (SSSR count). The Morgan fingerprint density at radius 3 is 2.49 bits per heavy atom. The largest absolute Gasteiger partial charge is 0.325 e. The van der Waals surface area contributed by atoms with E-state index in [1.165, 1.54) is 10.1 Å². The van der Waals surface area contributed by atoms with Gasteiger partial charge in [-0.2, -0.15) is 0 Å². The van der Waals surface area contributed by atoms with Crippen molar-refractivity contribution in [3.8, 4) is 11.4 Å². The van der Waals surface area contributed by atoms with Crippen LogP contribution in [0.25, 0.3) is 11.4 Å². The van der Waals surface area contributed by atoms with E-state index in [2.05, 4.69) is 29.3 Å². The van der Waals surface area contributed by atoms with Gasteiger partial charge in [-0.1, -0.05) is 79.2 Å². The van der Waals surface area contributed by atoms with E-state index in [-0.39, 0.29) is 18.0 Å². The monoisotopic (exact) mass is 492 g/mol. The lowest BCUT2D eigenvalue weighted by molar-refractivity contribution is -0.116. The van der Waals surface area contributed by atoms with Crippen molar-refractivity contribution in [2.75, 3.05) is 11.9 Å². The van der Waals surface area contributed by atoms with Crippen LogP contribution in [0.2, 0.25) is 0 Å². The third-order valence-electron chi connectivity index (χ3n) is 6.88. The molecule has 188 valence electrons. The van der Waals surface area contributed by atoms with Crippen LogP contribution in [0.5, 0.6) is 0 Å². The number of carbonyl (C=O) groups is 1. The molecule has 0 bridgehead atoms. The van der Waals surface area contributed by atoms with E-state index in [1.807, 2.05) is 73.7 Å². The summed E-state index contributed by atoms with van der Waals surface area (Å²) in [5, 5.41) is 2.96. The summed E-state index contributed by atoms with van der Waals surface area (Å²) in [5.41, 5.74) is 6.45. The molecule has 0 fully saturated rings. The Morgan fingerprint density at radius 2 is 1.73 bits per heavy atom. The molecule has 37 heavy (non-hydrogen) atoms. The maximum absolute atomic E-state index is 13.8. The topological polar surface area (TPSA) is 67.2 Å². The fourth-order valence-electron chi connectivity index (χ4n) is 4.84. The molecular weight excluding hydrogens is 460 g/mol. The summed E-state index contributed by atoms with van der Waals surface area (Å²) in [6.45, 7) is 6.20. The first-order chi connectivity index (χ1) is 18.0. The van der Waals surface area contributed by atoms with Gasteiger partial charge in [0.2, 0.25) is 5.91 Å². The van der Waals surface area contributed by atoms with Gasteiger partial charge < -0.3 is 5.32 Å². The highest BCUT2D eigenvalue weighted by Gasteiger charge is 2.25. The lowest BCUT2D eigenvalue weighted by Gasteiger charge is -2.29. The average Bonchev–Trinajstić information content (AvgIpc) is 2.91. The van der Waals surface area contributed by atoms with Crippen LogP contribution >= 0.6 is 0 Å². The van der Waals surface area contributed by atoms with Gasteiger partial charge in [-0.25, -0.2) is 4.98 Å². The number of aromatic nitrogens is 2. The van der Waals surface area contributed by atoms with Crippen LogP contribution in [0.4, 0.5) is 5.69 Å². The number of aryl methyl sites for hydroxylation is 2. The SMILES string of the molecule is CCc1cccc(NC(=O)Cn2c(-c3ccc(C)cc3)nc3c(c2=O)CCN(Cc2ccccc2)C3)c1. The van der Waals surface area contributed by atoms with Crippen molar-refractivity contribution >= 4 is 11.6 Å². The third kappa shape index (κ3) is 5.70. The van der Waals surface area contributed by atoms with Gasteiger partial charge in [0.15, 0.2) is 0 Å². The Balaban J connectivity index is 1.47. The van der Waals surface area contributed by atoms with Crippen molar-refractivity contribution in [3.63, 3.8) is 0 Å². The van der Waals surface area contributed by atoms with Gasteiger partial charge in [0.25, 0.3) is 5.56 Å². The molecule has 1 N–H and O–H groups in total. The highest BCUT2D eigenvalue weighted by molar-refractivity contribution is 5.91. The second-order valence-electron chi connectivity index (χ2n) is 9.67. The van der Waals surface area contributed by atoms with Crippen LogP contribution in [0.1, 0.15) is 34.9 Å². The number of anilines is 1. The van der Waals surface area contributed by atoms with Crippen LogP contribution in [-0.2, 0) is 37.3 Å². The molecule has 0 aliphatic carbocycles. The molecule has 1 aromatic heterocycles. The molecular formula is C31H32N4O2. The van der Waals surface area contributed by atoms with Gasteiger partial charge in [-0.05, 0) is 43.0 Å². The standard InChI is InChI=1S/C31H32N4O2/c1-3-23-10-7-11-26(18-23)32-29(36)21-35-30(25-14-12-22(2)13-15-25)33-28-20-34(17-16-27(28)31(35)37)19-24-8-5-4-6-9-24/h4-15,18H,3,16-17,19-21H2,1-2H3,(H,32,36). The highest BCUT2D eigenvalue weighted by Crippen LogP contribution is 2.23. The molecule has 2 heterocycles. The van der Waals surface area contributed by atoms with Gasteiger partial charge in [-0.15, -0.1) is 0 Å². The van der Waals surface area contributed by atoms with Gasteiger partial charge in [0.05, 0.1) is 5.69 Å². The molecule has 0 saturated heterocycles. The summed E-state index contributed by atoms with van der Waals surface area (Å²) in [4.78, 5) is 34.2. The zero-order chi connectivity index (χ0) is 25.8. The molecule has 0 radical (unpaired) electrons. The molecule has 1 aliphatic rings. The van der Waals surface area contributed by atoms with E-state index >= 15 is 0 Å². The van der Waals surface area contributed by atoms with E-state index in [4.69, 9.17) is 4.98 Å². The molecule has 0 spiro atoms. The number of hydrogen-bond donors (Lipinski definition) is 1. The summed E-state index contributed by atoms with van der Waals surface area (Å²) in [6, 6.07) is 26.1. The minimum Gasteiger partial charge on any atom is -0.325 e. The number of benzene rings is 3. The maximum Gasteiger partial charge on any atom is 0.257 e. The zero-order valence-electron chi connectivity index (χ0n) is 21.4. The van der Waals surface area contributed by atoms with Crippen molar-refractivity contribution in [3.05, 3.63) is 117 Å². The number of nitrogens with one attached hydrogen (secondary N) is 1. The molecule has 0 unspecified atom stereocenters. The Bertz CT molecular complexity index is 1460. The molecule has 1 aliphatic heterocycles. The van der Waals surface area contributed by atoms with Crippen LogP contribution in [-0.4, -0.2) is 26.9 Å².